The third kappa shape index (κ3) is 9.50. The van der Waals surface area contributed by atoms with Crippen LogP contribution in [0.2, 0.25) is 0 Å². The molecule has 2 heterocycles. The minimum absolute atomic E-state index is 0. The highest BCUT2D eigenvalue weighted by Gasteiger charge is 2.31. The van der Waals surface area contributed by atoms with Crippen molar-refractivity contribution in [2.45, 2.75) is 50.8 Å². The van der Waals surface area contributed by atoms with Crippen LogP contribution in [-0.2, 0) is 28.9 Å². The molecule has 3 atom stereocenters. The van der Waals surface area contributed by atoms with Gasteiger partial charge in [-0.05, 0) is 72.5 Å². The highest BCUT2D eigenvalue weighted by Crippen LogP contribution is 2.36. The second-order valence-corrected chi connectivity index (χ2v) is 14.6. The van der Waals surface area contributed by atoms with Crippen molar-refractivity contribution in [3.8, 4) is 16.9 Å². The molecule has 0 bridgehead atoms. The third-order valence-electron chi connectivity index (χ3n) is 8.31. The SMILES string of the molecule is COc1cc(S(C)(=O)=O)ccc1N(C(=O)OC(C)OC(=O)[C@@H](N)C(C)C)c1nc2ccc(-c3ccc(NC(=O)[C@H](C)c4ccc(F)cc4)cc3)cn2n1.Cl. The van der Waals surface area contributed by atoms with Crippen molar-refractivity contribution < 1.29 is 41.4 Å². The molecular formula is C37H40ClFN6O8S. The lowest BCUT2D eigenvalue weighted by atomic mass is 10.00. The Labute approximate surface area is 317 Å². The van der Waals surface area contributed by atoms with Crippen molar-refractivity contribution in [3.63, 3.8) is 0 Å². The fourth-order valence-corrected chi connectivity index (χ4v) is 5.77. The Morgan fingerprint density at radius 2 is 1.56 bits per heavy atom. The summed E-state index contributed by atoms with van der Waals surface area (Å²) in [6.07, 6.45) is 0.288. The molecule has 0 saturated carbocycles. The van der Waals surface area contributed by atoms with Crippen LogP contribution in [0.3, 0.4) is 0 Å². The number of methoxy groups -OCH3 is 1. The number of hydrogen-bond acceptors (Lipinski definition) is 11. The molecular weight excluding hydrogens is 743 g/mol. The summed E-state index contributed by atoms with van der Waals surface area (Å²) in [5.74, 6) is -2.30. The van der Waals surface area contributed by atoms with Gasteiger partial charge in [0.2, 0.25) is 12.2 Å². The van der Waals surface area contributed by atoms with Crippen LogP contribution in [0.15, 0.2) is 90.0 Å². The summed E-state index contributed by atoms with van der Waals surface area (Å²) in [6.45, 7) is 6.56. The zero-order chi connectivity index (χ0) is 38.6. The Morgan fingerprint density at radius 1 is 0.907 bits per heavy atom. The van der Waals surface area contributed by atoms with Gasteiger partial charge in [-0.1, -0.05) is 38.1 Å². The maximum atomic E-state index is 13.8. The van der Waals surface area contributed by atoms with Crippen molar-refractivity contribution >= 4 is 63.2 Å². The number of anilines is 3. The van der Waals surface area contributed by atoms with E-state index in [9.17, 15) is 27.2 Å². The van der Waals surface area contributed by atoms with Gasteiger partial charge >= 0.3 is 12.1 Å². The fourth-order valence-electron chi connectivity index (χ4n) is 5.13. The number of fused-ring (bicyclic) bond motifs is 1. The second-order valence-electron chi connectivity index (χ2n) is 12.6. The van der Waals surface area contributed by atoms with Crippen LogP contribution in [0, 0.1) is 11.7 Å². The summed E-state index contributed by atoms with van der Waals surface area (Å²) < 4.78 is 55.5. The number of sulfone groups is 1. The summed E-state index contributed by atoms with van der Waals surface area (Å²) in [6, 6.07) is 19.3. The number of esters is 1. The zero-order valence-corrected chi connectivity index (χ0v) is 31.9. The highest BCUT2D eigenvalue weighted by molar-refractivity contribution is 7.90. The van der Waals surface area contributed by atoms with Gasteiger partial charge in [-0.2, -0.15) is 4.98 Å². The summed E-state index contributed by atoms with van der Waals surface area (Å²) >= 11 is 0. The van der Waals surface area contributed by atoms with Gasteiger partial charge in [-0.15, -0.1) is 17.5 Å². The van der Waals surface area contributed by atoms with Gasteiger partial charge in [0, 0.05) is 36.7 Å². The van der Waals surface area contributed by atoms with Gasteiger partial charge in [-0.3, -0.25) is 9.59 Å². The first-order chi connectivity index (χ1) is 25.0. The van der Waals surface area contributed by atoms with Crippen LogP contribution in [0.25, 0.3) is 16.8 Å². The molecule has 286 valence electrons. The van der Waals surface area contributed by atoms with E-state index in [2.05, 4.69) is 15.4 Å². The fraction of sp³-hybridized carbons (Fsp3) is 0.270. The molecule has 0 saturated heterocycles. The van der Waals surface area contributed by atoms with Crippen LogP contribution >= 0.6 is 12.4 Å². The van der Waals surface area contributed by atoms with E-state index in [-0.39, 0.29) is 52.3 Å². The Balaban J connectivity index is 0.00000650. The van der Waals surface area contributed by atoms with Crippen molar-refractivity contribution in [1.29, 1.82) is 0 Å². The predicted octanol–water partition coefficient (Wildman–Crippen LogP) is 6.26. The monoisotopic (exact) mass is 782 g/mol. The zero-order valence-electron chi connectivity index (χ0n) is 30.2. The minimum Gasteiger partial charge on any atom is -0.495 e. The van der Waals surface area contributed by atoms with E-state index in [0.717, 1.165) is 22.3 Å². The molecule has 17 heteroatoms. The molecule has 54 heavy (non-hydrogen) atoms. The molecule has 1 unspecified atom stereocenters. The average molecular weight is 783 g/mol. The molecule has 0 fully saturated rings. The molecule has 5 rings (SSSR count). The first-order valence-electron chi connectivity index (χ1n) is 16.4. The van der Waals surface area contributed by atoms with Gasteiger partial charge in [0.05, 0.1) is 23.6 Å². The first-order valence-corrected chi connectivity index (χ1v) is 18.3. The number of amides is 2. The molecule has 3 N–H and O–H groups in total. The van der Waals surface area contributed by atoms with E-state index in [1.165, 1.54) is 48.9 Å². The van der Waals surface area contributed by atoms with E-state index in [0.29, 0.717) is 16.9 Å². The normalized spacial score (nSPS) is 13.0. The topological polar surface area (TPSA) is 185 Å². The maximum Gasteiger partial charge on any atom is 0.424 e. The molecule has 0 aliphatic heterocycles. The number of ether oxygens (including phenoxy) is 3. The molecule has 0 aliphatic rings. The molecule has 14 nitrogen and oxygen atoms in total. The number of nitrogens with zero attached hydrogens (tertiary/aromatic N) is 4. The highest BCUT2D eigenvalue weighted by atomic mass is 35.5. The molecule has 0 spiro atoms. The number of nitrogens with two attached hydrogens (primary N) is 1. The van der Waals surface area contributed by atoms with Gasteiger partial charge in [0.1, 0.15) is 17.6 Å². The van der Waals surface area contributed by atoms with E-state index >= 15 is 0 Å². The van der Waals surface area contributed by atoms with Crippen molar-refractivity contribution in [3.05, 3.63) is 96.4 Å². The van der Waals surface area contributed by atoms with Crippen LogP contribution in [0.5, 0.6) is 5.75 Å². The smallest absolute Gasteiger partial charge is 0.424 e. The Kier molecular flexibility index (Phi) is 13.0. The quantitative estimate of drug-likeness (QED) is 0.108. The van der Waals surface area contributed by atoms with Crippen molar-refractivity contribution in [2.24, 2.45) is 11.7 Å². The molecule has 2 aromatic heterocycles. The first kappa shape index (κ1) is 41.2. The van der Waals surface area contributed by atoms with Gasteiger partial charge in [-0.25, -0.2) is 27.0 Å². The Morgan fingerprint density at radius 3 is 2.17 bits per heavy atom. The van der Waals surface area contributed by atoms with Crippen LogP contribution < -0.4 is 20.7 Å². The second kappa shape index (κ2) is 17.0. The number of nitrogens with one attached hydrogen (secondary N) is 1. The van der Waals surface area contributed by atoms with Crippen molar-refractivity contribution in [1.82, 2.24) is 14.6 Å². The van der Waals surface area contributed by atoms with Crippen LogP contribution in [0.1, 0.15) is 39.2 Å². The number of carbonyl (C=O) groups is 3. The van der Waals surface area contributed by atoms with Gasteiger partial charge < -0.3 is 25.3 Å². The number of carbonyl (C=O) groups excluding carboxylic acids is 3. The lowest BCUT2D eigenvalue weighted by molar-refractivity contribution is -0.167. The standard InChI is InChI=1S/C37H39FN6O8S.ClH/c1-21(2)33(39)35(46)51-23(4)52-37(47)44(30-17-16-29(53(6,48)49)19-31(30)50-5)36-41-32-18-11-26(20-43(32)42-36)25-9-14-28(15-10-25)40-34(45)22(3)24-7-12-27(38)13-8-24;/h7-23,33H,39H2,1-6H3,(H,40,45);1H/t22-,23?,33+;/m1./s1. The number of hydrogen-bond donors (Lipinski definition) is 2. The molecule has 0 aliphatic carbocycles. The van der Waals surface area contributed by atoms with Gasteiger partial charge in [0.15, 0.2) is 15.5 Å². The largest absolute Gasteiger partial charge is 0.495 e. The molecule has 0 radical (unpaired) electrons. The maximum absolute atomic E-state index is 13.8. The lowest BCUT2D eigenvalue weighted by Crippen LogP contribution is -2.40. The van der Waals surface area contributed by atoms with E-state index in [1.807, 2.05) is 12.1 Å². The lowest BCUT2D eigenvalue weighted by Gasteiger charge is -2.24. The average Bonchev–Trinajstić information content (AvgIpc) is 3.54. The van der Waals surface area contributed by atoms with Crippen LogP contribution in [-0.4, -0.2) is 66.7 Å². The minimum atomic E-state index is -3.64. The molecule has 5 aromatic rings. The van der Waals surface area contributed by atoms with Crippen molar-refractivity contribution in [2.75, 3.05) is 23.6 Å². The van der Waals surface area contributed by atoms with Crippen LogP contribution in [0.4, 0.5) is 26.5 Å². The van der Waals surface area contributed by atoms with E-state index in [4.69, 9.17) is 19.9 Å². The molecule has 3 aromatic carbocycles. The number of halogens is 2. The Bertz CT molecular complexity index is 2250. The number of rotatable bonds is 12. The van der Waals surface area contributed by atoms with E-state index < -0.39 is 40.1 Å². The Hall–Kier alpha value is -5.58. The molecule has 2 amide bonds. The number of pyridine rings is 1. The summed E-state index contributed by atoms with van der Waals surface area (Å²) in [7, 11) is -2.34. The third-order valence-corrected chi connectivity index (χ3v) is 9.42. The van der Waals surface area contributed by atoms with E-state index in [1.54, 1.807) is 63.4 Å². The summed E-state index contributed by atoms with van der Waals surface area (Å²) in [5.41, 5.74) is 9.02. The van der Waals surface area contributed by atoms with Gasteiger partial charge in [0.25, 0.3) is 5.95 Å². The summed E-state index contributed by atoms with van der Waals surface area (Å²) in [4.78, 5) is 44.5. The summed E-state index contributed by atoms with van der Waals surface area (Å²) in [5, 5.41) is 7.40. The number of benzene rings is 3. The predicted molar refractivity (Wildman–Crippen MR) is 202 cm³/mol. The number of aromatic nitrogens is 3.